The molecule has 66 valence electrons. The molecule has 2 rings (SSSR count). The van der Waals surface area contributed by atoms with E-state index in [0.717, 1.165) is 11.3 Å². The molecule has 1 heteroatoms. The Morgan fingerprint density at radius 1 is 1.08 bits per heavy atom. The first kappa shape index (κ1) is 8.64. The summed E-state index contributed by atoms with van der Waals surface area (Å²) in [6.07, 6.45) is 1.06. The van der Waals surface area contributed by atoms with Crippen LogP contribution in [0.2, 0.25) is 0 Å². The Balaban J connectivity index is 2.87. The van der Waals surface area contributed by atoms with E-state index in [1.165, 1.54) is 16.3 Å². The Labute approximate surface area is 84.0 Å². The smallest absolute Gasteiger partial charge is 0.0121 e. The van der Waals surface area contributed by atoms with E-state index < -0.39 is 0 Å². The van der Waals surface area contributed by atoms with Gasteiger partial charge in [-0.2, -0.15) is 0 Å². The van der Waals surface area contributed by atoms with Gasteiger partial charge >= 0.3 is 0 Å². The first-order chi connectivity index (χ1) is 6.33. The molecule has 2 aromatic carbocycles. The van der Waals surface area contributed by atoms with Crippen molar-refractivity contribution >= 4 is 23.4 Å². The SMILES string of the molecule is CCc1cccc2cccc(S)c12. The first-order valence-electron chi connectivity index (χ1n) is 4.52. The van der Waals surface area contributed by atoms with Crippen molar-refractivity contribution in [2.75, 3.05) is 0 Å². The van der Waals surface area contributed by atoms with Crippen LogP contribution in [0.3, 0.4) is 0 Å². The van der Waals surface area contributed by atoms with Crippen LogP contribution in [0.1, 0.15) is 12.5 Å². The summed E-state index contributed by atoms with van der Waals surface area (Å²) in [6, 6.07) is 12.6. The highest BCUT2D eigenvalue weighted by Gasteiger charge is 2.00. The molecule has 0 nitrogen and oxygen atoms in total. The summed E-state index contributed by atoms with van der Waals surface area (Å²) in [6.45, 7) is 2.18. The second-order valence-corrected chi connectivity index (χ2v) is 3.63. The summed E-state index contributed by atoms with van der Waals surface area (Å²) in [5, 5.41) is 2.59. The van der Waals surface area contributed by atoms with E-state index in [1.54, 1.807) is 0 Å². The van der Waals surface area contributed by atoms with E-state index >= 15 is 0 Å². The molecule has 0 aliphatic carbocycles. The van der Waals surface area contributed by atoms with Gasteiger partial charge in [0.15, 0.2) is 0 Å². The number of thiol groups is 1. The molecule has 0 aromatic heterocycles. The van der Waals surface area contributed by atoms with Crippen LogP contribution >= 0.6 is 12.6 Å². The fourth-order valence-electron chi connectivity index (χ4n) is 1.69. The lowest BCUT2D eigenvalue weighted by Gasteiger charge is -2.05. The number of rotatable bonds is 1. The molecule has 0 heterocycles. The van der Waals surface area contributed by atoms with Crippen LogP contribution in [0.15, 0.2) is 41.3 Å². The average molecular weight is 188 g/mol. The number of hydrogen-bond acceptors (Lipinski definition) is 1. The van der Waals surface area contributed by atoms with Gasteiger partial charge in [-0.25, -0.2) is 0 Å². The van der Waals surface area contributed by atoms with Gasteiger partial charge in [-0.3, -0.25) is 0 Å². The molecular formula is C12H12S. The first-order valence-corrected chi connectivity index (χ1v) is 4.97. The second kappa shape index (κ2) is 3.43. The maximum absolute atomic E-state index is 4.47. The Morgan fingerprint density at radius 3 is 2.46 bits per heavy atom. The third-order valence-electron chi connectivity index (χ3n) is 2.35. The molecule has 0 amide bonds. The Bertz CT molecular complexity index is 427. The van der Waals surface area contributed by atoms with Gasteiger partial charge in [0, 0.05) is 4.90 Å². The Kier molecular flexibility index (Phi) is 2.28. The van der Waals surface area contributed by atoms with Crippen molar-refractivity contribution in [1.29, 1.82) is 0 Å². The molecule has 0 spiro atoms. The lowest BCUT2D eigenvalue weighted by Crippen LogP contribution is -1.84. The van der Waals surface area contributed by atoms with Crippen molar-refractivity contribution in [3.05, 3.63) is 42.0 Å². The van der Waals surface area contributed by atoms with Crippen molar-refractivity contribution in [2.24, 2.45) is 0 Å². The number of benzene rings is 2. The summed E-state index contributed by atoms with van der Waals surface area (Å²) >= 11 is 4.47. The molecule has 0 aliphatic heterocycles. The maximum atomic E-state index is 4.47. The molecule has 0 saturated carbocycles. The van der Waals surface area contributed by atoms with E-state index in [9.17, 15) is 0 Å². The summed E-state index contributed by atoms with van der Waals surface area (Å²) in [4.78, 5) is 1.08. The van der Waals surface area contributed by atoms with E-state index in [-0.39, 0.29) is 0 Å². The van der Waals surface area contributed by atoms with Gasteiger partial charge in [0.05, 0.1) is 0 Å². The van der Waals surface area contributed by atoms with Gasteiger partial charge in [-0.05, 0) is 28.8 Å². The molecule has 0 saturated heterocycles. The normalized spacial score (nSPS) is 10.6. The van der Waals surface area contributed by atoms with Gasteiger partial charge in [0.2, 0.25) is 0 Å². The molecule has 0 aliphatic rings. The molecule has 2 aromatic rings. The third-order valence-corrected chi connectivity index (χ3v) is 2.72. The minimum atomic E-state index is 1.06. The molecule has 0 radical (unpaired) electrons. The molecular weight excluding hydrogens is 176 g/mol. The zero-order chi connectivity index (χ0) is 9.26. The van der Waals surface area contributed by atoms with Crippen molar-refractivity contribution in [2.45, 2.75) is 18.2 Å². The quantitative estimate of drug-likeness (QED) is 0.648. The van der Waals surface area contributed by atoms with Gasteiger partial charge in [0.1, 0.15) is 0 Å². The molecule has 0 N–H and O–H groups in total. The van der Waals surface area contributed by atoms with Crippen molar-refractivity contribution < 1.29 is 0 Å². The van der Waals surface area contributed by atoms with Gasteiger partial charge in [-0.15, -0.1) is 12.6 Å². The standard InChI is InChI=1S/C12H12S/c1-2-9-5-3-6-10-7-4-8-11(13)12(9)10/h3-8,13H,2H2,1H3. The minimum absolute atomic E-state index is 1.06. The molecule has 13 heavy (non-hydrogen) atoms. The van der Waals surface area contributed by atoms with Crippen LogP contribution in [-0.4, -0.2) is 0 Å². The van der Waals surface area contributed by atoms with Gasteiger partial charge in [-0.1, -0.05) is 37.3 Å². The van der Waals surface area contributed by atoms with E-state index in [4.69, 9.17) is 0 Å². The molecule has 0 fully saturated rings. The fourth-order valence-corrected chi connectivity index (χ4v) is 2.05. The number of hydrogen-bond donors (Lipinski definition) is 1. The highest BCUT2D eigenvalue weighted by Crippen LogP contribution is 2.25. The van der Waals surface area contributed by atoms with Crippen molar-refractivity contribution in [1.82, 2.24) is 0 Å². The van der Waals surface area contributed by atoms with Crippen LogP contribution in [0, 0.1) is 0 Å². The summed E-state index contributed by atoms with van der Waals surface area (Å²) in [5.74, 6) is 0. The lowest BCUT2D eigenvalue weighted by molar-refractivity contribution is 1.15. The maximum Gasteiger partial charge on any atom is 0.0121 e. The van der Waals surface area contributed by atoms with Crippen molar-refractivity contribution in [3.63, 3.8) is 0 Å². The van der Waals surface area contributed by atoms with Crippen LogP contribution in [0.5, 0.6) is 0 Å². The summed E-state index contributed by atoms with van der Waals surface area (Å²) in [7, 11) is 0. The number of aryl methyl sites for hydroxylation is 1. The predicted octanol–water partition coefficient (Wildman–Crippen LogP) is 3.69. The molecule has 0 atom stereocenters. The van der Waals surface area contributed by atoms with E-state index in [0.29, 0.717) is 0 Å². The fraction of sp³-hybridized carbons (Fsp3) is 0.167. The Hall–Kier alpha value is -0.950. The molecule has 0 unspecified atom stereocenters. The van der Waals surface area contributed by atoms with Crippen molar-refractivity contribution in [3.8, 4) is 0 Å². The third kappa shape index (κ3) is 1.44. The van der Waals surface area contributed by atoms with Crippen LogP contribution < -0.4 is 0 Å². The zero-order valence-electron chi connectivity index (χ0n) is 7.62. The van der Waals surface area contributed by atoms with Gasteiger partial charge in [0.25, 0.3) is 0 Å². The lowest BCUT2D eigenvalue weighted by atomic mass is 10.0. The summed E-state index contributed by atoms with van der Waals surface area (Å²) in [5.41, 5.74) is 1.38. The average Bonchev–Trinajstić information content (AvgIpc) is 2.17. The van der Waals surface area contributed by atoms with Gasteiger partial charge < -0.3 is 0 Å². The largest absolute Gasteiger partial charge is 0.143 e. The Morgan fingerprint density at radius 2 is 1.77 bits per heavy atom. The highest BCUT2D eigenvalue weighted by molar-refractivity contribution is 7.80. The van der Waals surface area contributed by atoms with Crippen LogP contribution in [-0.2, 0) is 6.42 Å². The summed E-state index contributed by atoms with van der Waals surface area (Å²) < 4.78 is 0. The minimum Gasteiger partial charge on any atom is -0.143 e. The van der Waals surface area contributed by atoms with Crippen LogP contribution in [0.4, 0.5) is 0 Å². The second-order valence-electron chi connectivity index (χ2n) is 3.15. The van der Waals surface area contributed by atoms with Crippen LogP contribution in [0.25, 0.3) is 10.8 Å². The topological polar surface area (TPSA) is 0 Å². The highest BCUT2D eigenvalue weighted by atomic mass is 32.1. The molecule has 0 bridgehead atoms. The number of fused-ring (bicyclic) bond motifs is 1. The van der Waals surface area contributed by atoms with E-state index in [1.807, 2.05) is 12.1 Å². The van der Waals surface area contributed by atoms with E-state index in [2.05, 4.69) is 43.8 Å². The zero-order valence-corrected chi connectivity index (χ0v) is 8.51. The predicted molar refractivity (Wildman–Crippen MR) is 60.6 cm³/mol. The monoisotopic (exact) mass is 188 g/mol.